The smallest absolute Gasteiger partial charge is 0.262 e. The summed E-state index contributed by atoms with van der Waals surface area (Å²) in [6.45, 7) is 1.99. The first-order valence-electron chi connectivity index (χ1n) is 10.2. The van der Waals surface area contributed by atoms with E-state index in [0.29, 0.717) is 17.0 Å². The summed E-state index contributed by atoms with van der Waals surface area (Å²) in [6.07, 6.45) is 6.66. The number of carbonyl (C=O) groups excluding carboxylic acids is 2. The fraction of sp³-hybridized carbons (Fsp3) is 0.391. The van der Waals surface area contributed by atoms with E-state index in [1.165, 1.54) is 24.8 Å². The van der Waals surface area contributed by atoms with Crippen molar-refractivity contribution in [1.29, 1.82) is 0 Å². The van der Waals surface area contributed by atoms with Gasteiger partial charge in [-0.1, -0.05) is 32.3 Å². The van der Waals surface area contributed by atoms with Crippen molar-refractivity contribution in [2.24, 2.45) is 0 Å². The maximum atomic E-state index is 12.4. The molecule has 154 valence electrons. The molecule has 1 aliphatic rings. The molecule has 2 N–H and O–H groups in total. The van der Waals surface area contributed by atoms with Gasteiger partial charge in [-0.2, -0.15) is 0 Å². The first-order valence-corrected chi connectivity index (χ1v) is 11.0. The van der Waals surface area contributed by atoms with Gasteiger partial charge in [0.05, 0.1) is 4.47 Å². The van der Waals surface area contributed by atoms with Crippen molar-refractivity contribution < 1.29 is 14.3 Å². The van der Waals surface area contributed by atoms with Gasteiger partial charge < -0.3 is 15.4 Å². The predicted octanol–water partition coefficient (Wildman–Crippen LogP) is 5.09. The molecule has 1 aliphatic carbocycles. The number of carbonyl (C=O) groups is 2. The first-order chi connectivity index (χ1) is 14.0. The molecule has 0 aliphatic heterocycles. The number of nitrogens with one attached hydrogen (secondary N) is 2. The third-order valence-electron chi connectivity index (χ3n) is 5.13. The van der Waals surface area contributed by atoms with Crippen LogP contribution >= 0.6 is 15.9 Å². The molecule has 2 aromatic carbocycles. The van der Waals surface area contributed by atoms with Crippen molar-refractivity contribution in [2.45, 2.75) is 51.5 Å². The SMILES string of the molecule is CCc1ccc(OCC(=O)Nc2ccc(C(=O)NC3CCCCC3)cc2)c(Br)c1. The van der Waals surface area contributed by atoms with E-state index in [-0.39, 0.29) is 24.5 Å². The summed E-state index contributed by atoms with van der Waals surface area (Å²) in [5, 5.41) is 5.89. The molecule has 5 nitrogen and oxygen atoms in total. The second kappa shape index (κ2) is 10.4. The van der Waals surface area contributed by atoms with E-state index >= 15 is 0 Å². The zero-order valence-corrected chi connectivity index (χ0v) is 18.3. The van der Waals surface area contributed by atoms with Gasteiger partial charge in [-0.15, -0.1) is 0 Å². The van der Waals surface area contributed by atoms with Gasteiger partial charge in [-0.05, 0) is 77.2 Å². The molecule has 0 heterocycles. The summed E-state index contributed by atoms with van der Waals surface area (Å²) in [6, 6.07) is 13.0. The van der Waals surface area contributed by atoms with Gasteiger partial charge in [-0.3, -0.25) is 9.59 Å². The largest absolute Gasteiger partial charge is 0.483 e. The van der Waals surface area contributed by atoms with Crippen LogP contribution in [-0.4, -0.2) is 24.5 Å². The van der Waals surface area contributed by atoms with E-state index in [0.717, 1.165) is 23.7 Å². The monoisotopic (exact) mass is 458 g/mol. The topological polar surface area (TPSA) is 67.4 Å². The number of amides is 2. The quantitative estimate of drug-likeness (QED) is 0.606. The molecule has 0 unspecified atom stereocenters. The lowest BCUT2D eigenvalue weighted by Crippen LogP contribution is -2.36. The normalized spacial score (nSPS) is 14.3. The molecule has 0 spiro atoms. The molecule has 2 amide bonds. The van der Waals surface area contributed by atoms with Crippen LogP contribution in [0.5, 0.6) is 5.75 Å². The van der Waals surface area contributed by atoms with Crippen molar-refractivity contribution in [3.05, 3.63) is 58.1 Å². The molecular formula is C23H27BrN2O3. The van der Waals surface area contributed by atoms with Crippen LogP contribution in [0, 0.1) is 0 Å². The Morgan fingerprint density at radius 2 is 1.79 bits per heavy atom. The van der Waals surface area contributed by atoms with E-state index in [1.807, 2.05) is 18.2 Å². The highest BCUT2D eigenvalue weighted by Gasteiger charge is 2.16. The van der Waals surface area contributed by atoms with Crippen molar-refractivity contribution in [3.63, 3.8) is 0 Å². The molecule has 2 aromatic rings. The molecule has 0 bridgehead atoms. The Labute approximate surface area is 180 Å². The number of hydrogen-bond donors (Lipinski definition) is 2. The van der Waals surface area contributed by atoms with Crippen molar-refractivity contribution in [1.82, 2.24) is 5.32 Å². The average Bonchev–Trinajstić information content (AvgIpc) is 2.74. The molecule has 1 saturated carbocycles. The Morgan fingerprint density at radius 3 is 2.45 bits per heavy atom. The molecule has 0 radical (unpaired) electrons. The molecule has 3 rings (SSSR count). The summed E-state index contributed by atoms with van der Waals surface area (Å²) in [5.74, 6) is 0.321. The van der Waals surface area contributed by atoms with Crippen LogP contribution in [0.4, 0.5) is 5.69 Å². The van der Waals surface area contributed by atoms with Gasteiger partial charge in [0, 0.05) is 17.3 Å². The number of rotatable bonds is 7. The summed E-state index contributed by atoms with van der Waals surface area (Å²) in [4.78, 5) is 24.5. The second-order valence-electron chi connectivity index (χ2n) is 7.34. The minimum atomic E-state index is -0.254. The van der Waals surface area contributed by atoms with Gasteiger partial charge in [0.15, 0.2) is 6.61 Å². The third-order valence-corrected chi connectivity index (χ3v) is 5.75. The Morgan fingerprint density at radius 1 is 1.07 bits per heavy atom. The zero-order chi connectivity index (χ0) is 20.6. The third kappa shape index (κ3) is 6.32. The Bertz CT molecular complexity index is 846. The lowest BCUT2D eigenvalue weighted by atomic mass is 9.95. The number of benzene rings is 2. The van der Waals surface area contributed by atoms with E-state index in [9.17, 15) is 9.59 Å². The number of anilines is 1. The zero-order valence-electron chi connectivity index (χ0n) is 16.7. The average molecular weight is 459 g/mol. The Hall–Kier alpha value is -2.34. The van der Waals surface area contributed by atoms with E-state index in [1.54, 1.807) is 24.3 Å². The fourth-order valence-corrected chi connectivity index (χ4v) is 3.98. The van der Waals surface area contributed by atoms with Crippen LogP contribution in [0.1, 0.15) is 54.9 Å². The van der Waals surface area contributed by atoms with Crippen LogP contribution in [0.15, 0.2) is 46.9 Å². The minimum Gasteiger partial charge on any atom is -0.483 e. The van der Waals surface area contributed by atoms with E-state index < -0.39 is 0 Å². The fourth-order valence-electron chi connectivity index (χ4n) is 3.44. The number of halogens is 1. The van der Waals surface area contributed by atoms with Gasteiger partial charge in [0.1, 0.15) is 5.75 Å². The summed E-state index contributed by atoms with van der Waals surface area (Å²) in [7, 11) is 0. The lowest BCUT2D eigenvalue weighted by Gasteiger charge is -2.22. The van der Waals surface area contributed by atoms with Crippen LogP contribution in [0.2, 0.25) is 0 Å². The highest BCUT2D eigenvalue weighted by atomic mass is 79.9. The van der Waals surface area contributed by atoms with Crippen LogP contribution in [0.3, 0.4) is 0 Å². The van der Waals surface area contributed by atoms with E-state index in [2.05, 4.69) is 33.5 Å². The maximum Gasteiger partial charge on any atom is 0.262 e. The van der Waals surface area contributed by atoms with Crippen LogP contribution < -0.4 is 15.4 Å². The van der Waals surface area contributed by atoms with E-state index in [4.69, 9.17) is 4.74 Å². The molecule has 6 heteroatoms. The van der Waals surface area contributed by atoms with Gasteiger partial charge >= 0.3 is 0 Å². The van der Waals surface area contributed by atoms with Gasteiger partial charge in [-0.25, -0.2) is 0 Å². The van der Waals surface area contributed by atoms with Crippen LogP contribution in [0.25, 0.3) is 0 Å². The second-order valence-corrected chi connectivity index (χ2v) is 8.20. The summed E-state index contributed by atoms with van der Waals surface area (Å²) < 4.78 is 6.43. The van der Waals surface area contributed by atoms with Gasteiger partial charge in [0.2, 0.25) is 0 Å². The summed E-state index contributed by atoms with van der Waals surface area (Å²) >= 11 is 3.47. The van der Waals surface area contributed by atoms with Crippen molar-refractivity contribution in [2.75, 3.05) is 11.9 Å². The summed E-state index contributed by atoms with van der Waals surface area (Å²) in [5.41, 5.74) is 2.43. The Kier molecular flexibility index (Phi) is 7.69. The van der Waals surface area contributed by atoms with Crippen molar-refractivity contribution in [3.8, 4) is 5.75 Å². The highest BCUT2D eigenvalue weighted by Crippen LogP contribution is 2.26. The highest BCUT2D eigenvalue weighted by molar-refractivity contribution is 9.10. The van der Waals surface area contributed by atoms with Gasteiger partial charge in [0.25, 0.3) is 11.8 Å². The standard InChI is InChI=1S/C23H27BrN2O3/c1-2-16-8-13-21(20(24)14-16)29-15-22(27)25-19-11-9-17(10-12-19)23(28)26-18-6-4-3-5-7-18/h8-14,18H,2-7,15H2,1H3,(H,25,27)(H,26,28). The predicted molar refractivity (Wildman–Crippen MR) is 118 cm³/mol. The van der Waals surface area contributed by atoms with Crippen LogP contribution in [-0.2, 0) is 11.2 Å². The molecule has 29 heavy (non-hydrogen) atoms. The first kappa shape index (κ1) is 21.4. The number of ether oxygens (including phenoxy) is 1. The minimum absolute atomic E-state index is 0.0570. The lowest BCUT2D eigenvalue weighted by molar-refractivity contribution is -0.118. The number of hydrogen-bond acceptors (Lipinski definition) is 3. The molecule has 1 fully saturated rings. The molecular weight excluding hydrogens is 432 g/mol. The number of aryl methyl sites for hydroxylation is 1. The maximum absolute atomic E-state index is 12.4. The Balaban J connectivity index is 1.48. The molecule has 0 aromatic heterocycles. The molecule has 0 saturated heterocycles. The van der Waals surface area contributed by atoms with Crippen molar-refractivity contribution >= 4 is 33.4 Å². The molecule has 0 atom stereocenters.